The van der Waals surface area contributed by atoms with Crippen LogP contribution in [0.2, 0.25) is 15.1 Å². The Morgan fingerprint density at radius 2 is 1.54 bits per heavy atom. The summed E-state index contributed by atoms with van der Waals surface area (Å²) >= 11 is 18.3. The molecule has 1 saturated heterocycles. The van der Waals surface area contributed by atoms with E-state index in [4.69, 9.17) is 34.8 Å². The van der Waals surface area contributed by atoms with Crippen LogP contribution in [0.3, 0.4) is 0 Å². The van der Waals surface area contributed by atoms with Crippen molar-refractivity contribution in [2.24, 2.45) is 11.8 Å². The van der Waals surface area contributed by atoms with Gasteiger partial charge in [0, 0.05) is 16.7 Å². The number of hydrogen-bond donors (Lipinski definition) is 2. The normalized spacial score (nSPS) is 19.2. The molecule has 1 fully saturated rings. The number of allylic oxidation sites excluding steroid dienone is 2. The van der Waals surface area contributed by atoms with Gasteiger partial charge in [0.05, 0.1) is 27.6 Å². The monoisotopic (exact) mass is 530 g/mol. The summed E-state index contributed by atoms with van der Waals surface area (Å²) in [5.41, 5.74) is 0.206. The zero-order valence-corrected chi connectivity index (χ0v) is 20.2. The lowest BCUT2D eigenvalue weighted by atomic mass is 9.85. The number of nitrogens with zero attached hydrogens (tertiary/aromatic N) is 2. The fourth-order valence-corrected chi connectivity index (χ4v) is 5.40. The summed E-state index contributed by atoms with van der Waals surface area (Å²) in [6.07, 6.45) is 4.88. The minimum Gasteiger partial charge on any atom is -0.307 e. The van der Waals surface area contributed by atoms with Gasteiger partial charge in [-0.25, -0.2) is 4.68 Å². The lowest BCUT2D eigenvalue weighted by Gasteiger charge is -2.15. The highest BCUT2D eigenvalue weighted by Crippen LogP contribution is 2.38. The van der Waals surface area contributed by atoms with Gasteiger partial charge in [0.25, 0.3) is 11.5 Å². The van der Waals surface area contributed by atoms with Crippen molar-refractivity contribution < 1.29 is 14.4 Å². The van der Waals surface area contributed by atoms with Crippen LogP contribution in [0.5, 0.6) is 0 Å². The van der Waals surface area contributed by atoms with E-state index >= 15 is 0 Å². The second-order valence-electron chi connectivity index (χ2n) is 8.23. The summed E-state index contributed by atoms with van der Waals surface area (Å²) in [4.78, 5) is 52.3. The van der Waals surface area contributed by atoms with E-state index in [9.17, 15) is 19.2 Å². The number of fused-ring (bicyclic) bond motifs is 1. The molecule has 2 heterocycles. The number of carbonyl (C=O) groups excluding carboxylic acids is 3. The molecule has 2 atom stereocenters. The fraction of sp³-hybridized carbons (Fsp3) is 0.167. The molecular formula is C24H17Cl3N4O4. The number of aromatic nitrogens is 2. The summed E-state index contributed by atoms with van der Waals surface area (Å²) in [5, 5.41) is 5.96. The van der Waals surface area contributed by atoms with Crippen LogP contribution in [0, 0.1) is 11.8 Å². The van der Waals surface area contributed by atoms with E-state index in [1.54, 1.807) is 18.2 Å². The first-order valence-electron chi connectivity index (χ1n) is 10.7. The molecule has 0 unspecified atom stereocenters. The van der Waals surface area contributed by atoms with Crippen molar-refractivity contribution in [2.75, 3.05) is 10.2 Å². The highest BCUT2D eigenvalue weighted by atomic mass is 35.5. The zero-order valence-electron chi connectivity index (χ0n) is 17.9. The molecule has 2 aliphatic rings. The molecule has 11 heteroatoms. The summed E-state index contributed by atoms with van der Waals surface area (Å²) in [6.45, 7) is 0. The summed E-state index contributed by atoms with van der Waals surface area (Å²) < 4.78 is 1.09. The average molecular weight is 532 g/mol. The minimum atomic E-state index is -0.549. The fourth-order valence-electron chi connectivity index (χ4n) is 4.41. The minimum absolute atomic E-state index is 0.0953. The van der Waals surface area contributed by atoms with Crippen LogP contribution >= 0.6 is 34.8 Å². The van der Waals surface area contributed by atoms with Gasteiger partial charge in [-0.3, -0.25) is 29.2 Å². The van der Waals surface area contributed by atoms with Gasteiger partial charge in [-0.2, -0.15) is 0 Å². The molecule has 2 N–H and O–H groups in total. The van der Waals surface area contributed by atoms with Crippen LogP contribution in [0.15, 0.2) is 59.4 Å². The predicted molar refractivity (Wildman–Crippen MR) is 134 cm³/mol. The first-order valence-corrected chi connectivity index (χ1v) is 11.8. The van der Waals surface area contributed by atoms with Crippen LogP contribution in [-0.2, 0) is 9.59 Å². The van der Waals surface area contributed by atoms with Gasteiger partial charge in [0.1, 0.15) is 11.5 Å². The van der Waals surface area contributed by atoms with Gasteiger partial charge in [-0.1, -0.05) is 53.0 Å². The highest BCUT2D eigenvalue weighted by molar-refractivity contribution is 6.40. The van der Waals surface area contributed by atoms with E-state index < -0.39 is 11.5 Å². The Labute approximate surface area is 214 Å². The molecule has 8 nitrogen and oxygen atoms in total. The first-order chi connectivity index (χ1) is 16.7. The van der Waals surface area contributed by atoms with Crippen molar-refractivity contribution in [3.8, 4) is 5.69 Å². The lowest BCUT2D eigenvalue weighted by molar-refractivity contribution is -0.122. The van der Waals surface area contributed by atoms with E-state index in [0.29, 0.717) is 23.6 Å². The SMILES string of the molecule is O=C(Nc1cc(=O)n(-c2c(Cl)cc(Cl)cc2Cl)[nH]1)c1cccc(N2C(=O)[C@H]3CC=CC[C@H]3C2=O)c1. The van der Waals surface area contributed by atoms with E-state index in [-0.39, 0.29) is 50.8 Å². The molecule has 1 aromatic heterocycles. The van der Waals surface area contributed by atoms with Crippen LogP contribution in [-0.4, -0.2) is 27.5 Å². The smallest absolute Gasteiger partial charge is 0.273 e. The number of hydrogen-bond acceptors (Lipinski definition) is 4. The van der Waals surface area contributed by atoms with Crippen molar-refractivity contribution in [1.29, 1.82) is 0 Å². The van der Waals surface area contributed by atoms with Crippen LogP contribution in [0.4, 0.5) is 11.5 Å². The third-order valence-corrected chi connectivity index (χ3v) is 6.84. The number of amides is 3. The number of carbonyl (C=O) groups is 3. The van der Waals surface area contributed by atoms with Crippen LogP contribution < -0.4 is 15.8 Å². The molecule has 178 valence electrons. The lowest BCUT2D eigenvalue weighted by Crippen LogP contribution is -2.31. The van der Waals surface area contributed by atoms with Gasteiger partial charge in [-0.15, -0.1) is 0 Å². The number of rotatable bonds is 4. The Morgan fingerprint density at radius 1 is 0.914 bits per heavy atom. The molecule has 2 aromatic carbocycles. The van der Waals surface area contributed by atoms with Crippen LogP contribution in [0.25, 0.3) is 5.69 Å². The molecule has 0 saturated carbocycles. The number of imide groups is 1. The molecule has 3 amide bonds. The number of aromatic amines is 1. The molecule has 1 aliphatic heterocycles. The maximum atomic E-state index is 12.9. The highest BCUT2D eigenvalue weighted by Gasteiger charge is 2.47. The Bertz CT molecular complexity index is 1430. The largest absolute Gasteiger partial charge is 0.307 e. The molecule has 0 radical (unpaired) electrons. The van der Waals surface area contributed by atoms with Crippen molar-refractivity contribution in [3.63, 3.8) is 0 Å². The van der Waals surface area contributed by atoms with E-state index in [1.165, 1.54) is 24.3 Å². The number of halogens is 3. The maximum Gasteiger partial charge on any atom is 0.273 e. The zero-order chi connectivity index (χ0) is 24.9. The first kappa shape index (κ1) is 23.4. The van der Waals surface area contributed by atoms with Gasteiger partial charge in [0.15, 0.2) is 0 Å². The van der Waals surface area contributed by atoms with Crippen molar-refractivity contribution in [1.82, 2.24) is 9.78 Å². The topological polar surface area (TPSA) is 104 Å². The molecule has 5 rings (SSSR count). The average Bonchev–Trinajstić information content (AvgIpc) is 3.29. The quantitative estimate of drug-likeness (QED) is 0.371. The second kappa shape index (κ2) is 9.03. The van der Waals surface area contributed by atoms with Gasteiger partial charge in [0.2, 0.25) is 11.8 Å². The number of H-pyrrole nitrogens is 1. The molecule has 1 aliphatic carbocycles. The van der Waals surface area contributed by atoms with Crippen molar-refractivity contribution >= 4 is 64.0 Å². The van der Waals surface area contributed by atoms with Gasteiger partial charge >= 0.3 is 0 Å². The predicted octanol–water partition coefficient (Wildman–Crippen LogP) is 4.83. The molecular weight excluding hydrogens is 515 g/mol. The Hall–Kier alpha value is -3.33. The van der Waals surface area contributed by atoms with Crippen molar-refractivity contribution in [3.05, 3.63) is 85.6 Å². The van der Waals surface area contributed by atoms with Gasteiger partial charge in [-0.05, 0) is 43.2 Å². The van der Waals surface area contributed by atoms with E-state index in [1.807, 2.05) is 12.2 Å². The molecule has 3 aromatic rings. The van der Waals surface area contributed by atoms with Gasteiger partial charge < -0.3 is 5.32 Å². The third kappa shape index (κ3) is 4.18. The summed E-state index contributed by atoms with van der Waals surface area (Å²) in [7, 11) is 0. The molecule has 0 bridgehead atoms. The van der Waals surface area contributed by atoms with E-state index in [2.05, 4.69) is 10.4 Å². The third-order valence-electron chi connectivity index (χ3n) is 6.05. The Balaban J connectivity index is 1.39. The Morgan fingerprint density at radius 3 is 2.17 bits per heavy atom. The summed E-state index contributed by atoms with van der Waals surface area (Å²) in [5.74, 6) is -1.73. The maximum absolute atomic E-state index is 12.9. The van der Waals surface area contributed by atoms with E-state index in [0.717, 1.165) is 9.58 Å². The van der Waals surface area contributed by atoms with Crippen LogP contribution in [0.1, 0.15) is 23.2 Å². The standard InChI is InChI=1S/C24H17Cl3N4O4/c25-13-9-17(26)21(18(27)10-13)31-20(32)11-19(29-31)28-22(33)12-4-3-5-14(8-12)30-23(34)15-6-1-2-7-16(15)24(30)35/h1-5,8-11,15-16,29H,6-7H2,(H,28,33)/t15-,16+. The second-order valence-corrected chi connectivity index (χ2v) is 9.48. The summed E-state index contributed by atoms with van der Waals surface area (Å²) in [6, 6.07) is 10.3. The Kier molecular flexibility index (Phi) is 6.04. The number of benzene rings is 2. The van der Waals surface area contributed by atoms with Crippen molar-refractivity contribution in [2.45, 2.75) is 12.8 Å². The molecule has 0 spiro atoms. The number of anilines is 2. The number of nitrogens with one attached hydrogen (secondary N) is 2. The molecule has 35 heavy (non-hydrogen) atoms.